The van der Waals surface area contributed by atoms with E-state index in [1.807, 2.05) is 0 Å². The fourth-order valence-corrected chi connectivity index (χ4v) is 1.24. The van der Waals surface area contributed by atoms with Crippen molar-refractivity contribution in [3.63, 3.8) is 0 Å². The molecule has 0 saturated carbocycles. The number of hydrogen-bond donors (Lipinski definition) is 2. The van der Waals surface area contributed by atoms with Crippen LogP contribution in [-0.2, 0) is 9.59 Å². The quantitative estimate of drug-likeness (QED) is 0.601. The van der Waals surface area contributed by atoms with Crippen molar-refractivity contribution in [2.24, 2.45) is 0 Å². The van der Waals surface area contributed by atoms with Crippen molar-refractivity contribution in [3.8, 4) is 0 Å². The number of carbonyl (C=O) groups is 2. The van der Waals surface area contributed by atoms with E-state index in [2.05, 4.69) is 12.6 Å². The monoisotopic (exact) mass is 191 g/mol. The van der Waals surface area contributed by atoms with Gasteiger partial charge >= 0.3 is 0 Å². The first-order valence-corrected chi connectivity index (χ1v) is 4.20. The highest BCUT2D eigenvalue weighted by Crippen LogP contribution is 2.02. The molecule has 0 aliphatic rings. The molecule has 12 heavy (non-hydrogen) atoms. The third-order valence-electron chi connectivity index (χ3n) is 1.47. The number of carbonyl (C=O) groups excluding carboxylic acids is 2. The predicted molar refractivity (Wildman–Crippen MR) is 47.9 cm³/mol. The van der Waals surface area contributed by atoms with Gasteiger partial charge in [-0.25, -0.2) is 0 Å². The Hall–Kier alpha value is -0.550. The first-order chi connectivity index (χ1) is 5.54. The summed E-state index contributed by atoms with van der Waals surface area (Å²) in [7, 11) is 0. The lowest BCUT2D eigenvalue weighted by Gasteiger charge is -2.24. The number of aliphatic hydroxyl groups excluding tert-OH is 1. The Bertz CT molecular complexity index is 165. The summed E-state index contributed by atoms with van der Waals surface area (Å²) in [4.78, 5) is 22.8. The van der Waals surface area contributed by atoms with E-state index >= 15 is 0 Å². The molecule has 70 valence electrons. The standard InChI is InChI=1S/C7H13NO3S/c1-5(10)8(6(2)11)7(3-9)4-12/h7,9,12H,3-4H2,1-2H3. The maximum absolute atomic E-state index is 10.9. The molecule has 2 amide bonds. The first-order valence-electron chi connectivity index (χ1n) is 3.56. The molecule has 0 radical (unpaired) electrons. The normalized spacial score (nSPS) is 12.3. The van der Waals surface area contributed by atoms with Gasteiger partial charge in [-0.3, -0.25) is 14.5 Å². The molecule has 0 saturated heterocycles. The first kappa shape index (κ1) is 11.4. The molecule has 0 rings (SSSR count). The van der Waals surface area contributed by atoms with Crippen molar-refractivity contribution in [1.29, 1.82) is 0 Å². The van der Waals surface area contributed by atoms with Crippen molar-refractivity contribution < 1.29 is 14.7 Å². The molecule has 0 spiro atoms. The smallest absolute Gasteiger partial charge is 0.226 e. The summed E-state index contributed by atoms with van der Waals surface area (Å²) in [6.07, 6.45) is 0. The van der Waals surface area contributed by atoms with Gasteiger partial charge in [-0.05, 0) is 0 Å². The van der Waals surface area contributed by atoms with Gasteiger partial charge in [0, 0.05) is 19.6 Å². The Kier molecular flexibility index (Phi) is 4.92. The number of rotatable bonds is 3. The van der Waals surface area contributed by atoms with E-state index in [0.717, 1.165) is 4.90 Å². The topological polar surface area (TPSA) is 57.6 Å². The Balaban J connectivity index is 4.47. The minimum atomic E-state index is -0.511. The molecule has 5 heteroatoms. The van der Waals surface area contributed by atoms with Crippen LogP contribution in [-0.4, -0.2) is 40.2 Å². The average molecular weight is 191 g/mol. The minimum absolute atomic E-state index is 0.247. The molecule has 0 heterocycles. The number of imide groups is 1. The van der Waals surface area contributed by atoms with Gasteiger partial charge in [-0.15, -0.1) is 0 Å². The van der Waals surface area contributed by atoms with Crippen molar-refractivity contribution in [1.82, 2.24) is 4.90 Å². The summed E-state index contributed by atoms with van der Waals surface area (Å²) in [5, 5.41) is 8.80. The SMILES string of the molecule is CC(=O)N(C(C)=O)C(CO)CS. The van der Waals surface area contributed by atoms with Crippen molar-refractivity contribution in [2.45, 2.75) is 19.9 Å². The van der Waals surface area contributed by atoms with E-state index in [4.69, 9.17) is 5.11 Å². The summed E-state index contributed by atoms with van der Waals surface area (Å²) in [5.74, 6) is -0.457. The second-order valence-electron chi connectivity index (χ2n) is 2.43. The summed E-state index contributed by atoms with van der Waals surface area (Å²) in [6.45, 7) is 2.32. The third-order valence-corrected chi connectivity index (χ3v) is 1.89. The zero-order valence-corrected chi connectivity index (χ0v) is 8.04. The summed E-state index contributed by atoms with van der Waals surface area (Å²) in [5.41, 5.74) is 0. The van der Waals surface area contributed by atoms with E-state index < -0.39 is 6.04 Å². The van der Waals surface area contributed by atoms with Gasteiger partial charge in [-0.1, -0.05) is 0 Å². The maximum Gasteiger partial charge on any atom is 0.226 e. The van der Waals surface area contributed by atoms with Crippen LogP contribution in [0.25, 0.3) is 0 Å². The van der Waals surface area contributed by atoms with E-state index in [1.54, 1.807) is 0 Å². The lowest BCUT2D eigenvalue weighted by atomic mass is 10.3. The van der Waals surface area contributed by atoms with Crippen molar-refractivity contribution >= 4 is 24.4 Å². The lowest BCUT2D eigenvalue weighted by molar-refractivity contribution is -0.145. The van der Waals surface area contributed by atoms with Crippen molar-refractivity contribution in [2.75, 3.05) is 12.4 Å². The largest absolute Gasteiger partial charge is 0.394 e. The summed E-state index contributed by atoms with van der Waals surface area (Å²) in [6, 6.07) is -0.511. The molecule has 0 aliphatic heterocycles. The van der Waals surface area contributed by atoms with Gasteiger partial charge in [0.2, 0.25) is 11.8 Å². The van der Waals surface area contributed by atoms with Gasteiger partial charge in [0.25, 0.3) is 0 Å². The van der Waals surface area contributed by atoms with E-state index in [1.165, 1.54) is 13.8 Å². The second-order valence-corrected chi connectivity index (χ2v) is 2.79. The van der Waals surface area contributed by atoms with E-state index in [0.29, 0.717) is 0 Å². The molecule has 0 aromatic carbocycles. The zero-order valence-electron chi connectivity index (χ0n) is 7.15. The van der Waals surface area contributed by atoms with Crippen LogP contribution in [0.1, 0.15) is 13.8 Å². The van der Waals surface area contributed by atoms with Gasteiger partial charge in [-0.2, -0.15) is 12.6 Å². The molecular weight excluding hydrogens is 178 g/mol. The van der Waals surface area contributed by atoms with E-state index in [9.17, 15) is 9.59 Å². The van der Waals surface area contributed by atoms with Gasteiger partial charge in [0.1, 0.15) is 0 Å². The van der Waals surface area contributed by atoms with Gasteiger partial charge in [0.15, 0.2) is 0 Å². The Morgan fingerprint density at radius 1 is 1.42 bits per heavy atom. The molecule has 1 N–H and O–H groups in total. The maximum atomic E-state index is 10.9. The third kappa shape index (κ3) is 2.83. The van der Waals surface area contributed by atoms with Crippen LogP contribution < -0.4 is 0 Å². The highest BCUT2D eigenvalue weighted by Gasteiger charge is 2.22. The molecule has 0 aromatic rings. The fraction of sp³-hybridized carbons (Fsp3) is 0.714. The van der Waals surface area contributed by atoms with Crippen LogP contribution in [0.5, 0.6) is 0 Å². The van der Waals surface area contributed by atoms with Gasteiger partial charge in [0.05, 0.1) is 12.6 Å². The molecule has 0 fully saturated rings. The Labute approximate surface area is 77.0 Å². The van der Waals surface area contributed by atoms with Crippen LogP contribution in [0.15, 0.2) is 0 Å². The average Bonchev–Trinajstić information content (AvgIpc) is 1.98. The minimum Gasteiger partial charge on any atom is -0.394 e. The summed E-state index contributed by atoms with van der Waals surface area (Å²) >= 11 is 3.92. The predicted octanol–water partition coefficient (Wildman–Crippen LogP) is -0.328. The highest BCUT2D eigenvalue weighted by molar-refractivity contribution is 7.80. The van der Waals surface area contributed by atoms with Gasteiger partial charge < -0.3 is 5.11 Å². The number of nitrogens with zero attached hydrogens (tertiary/aromatic N) is 1. The molecule has 0 aliphatic carbocycles. The summed E-state index contributed by atoms with van der Waals surface area (Å²) < 4.78 is 0. The molecule has 1 atom stereocenters. The molecule has 1 unspecified atom stereocenters. The second kappa shape index (κ2) is 5.16. The number of thiol groups is 1. The number of hydrogen-bond acceptors (Lipinski definition) is 4. The van der Waals surface area contributed by atoms with Crippen LogP contribution in [0.3, 0.4) is 0 Å². The van der Waals surface area contributed by atoms with E-state index in [-0.39, 0.29) is 24.2 Å². The molecular formula is C7H13NO3S. The van der Waals surface area contributed by atoms with Crippen LogP contribution in [0.4, 0.5) is 0 Å². The zero-order chi connectivity index (χ0) is 9.72. The number of aliphatic hydroxyl groups is 1. The van der Waals surface area contributed by atoms with Crippen molar-refractivity contribution in [3.05, 3.63) is 0 Å². The molecule has 0 bridgehead atoms. The molecule has 4 nitrogen and oxygen atoms in total. The molecule has 0 aromatic heterocycles. The van der Waals surface area contributed by atoms with Crippen LogP contribution in [0, 0.1) is 0 Å². The van der Waals surface area contributed by atoms with Crippen LogP contribution in [0.2, 0.25) is 0 Å². The highest BCUT2D eigenvalue weighted by atomic mass is 32.1. The number of amides is 2. The lowest BCUT2D eigenvalue weighted by Crippen LogP contribution is -2.45. The van der Waals surface area contributed by atoms with Crippen LogP contribution >= 0.6 is 12.6 Å². The fourth-order valence-electron chi connectivity index (χ4n) is 0.957. The Morgan fingerprint density at radius 2 is 1.83 bits per heavy atom. The Morgan fingerprint density at radius 3 is 1.92 bits per heavy atom.